The number of rotatable bonds is 11. The summed E-state index contributed by atoms with van der Waals surface area (Å²) in [6.07, 6.45) is 2.87. The first-order valence-electron chi connectivity index (χ1n) is 9.90. The van der Waals surface area contributed by atoms with Gasteiger partial charge in [0.25, 0.3) is 0 Å². The lowest BCUT2D eigenvalue weighted by Crippen LogP contribution is -2.29. The lowest BCUT2D eigenvalue weighted by molar-refractivity contribution is -0.141. The van der Waals surface area contributed by atoms with Crippen molar-refractivity contribution >= 4 is 18.0 Å². The molecule has 1 unspecified atom stereocenters. The van der Waals surface area contributed by atoms with Crippen LogP contribution in [0.25, 0.3) is 6.08 Å². The van der Waals surface area contributed by atoms with E-state index in [0.29, 0.717) is 34.1 Å². The van der Waals surface area contributed by atoms with Crippen LogP contribution < -0.4 is 24.3 Å². The Hall–Kier alpha value is -4.19. The lowest BCUT2D eigenvalue weighted by Gasteiger charge is -2.19. The number of esters is 1. The molecule has 9 nitrogen and oxygen atoms in total. The monoisotopic (exact) mass is 454 g/mol. The SMILES string of the molecule is COC(=O)CC(NC(=O)/C=C/c1ccc(OCC#N)c(OC)c1)c1ccc(OC)c(OC)c1. The molecule has 9 heteroatoms. The molecule has 0 heterocycles. The van der Waals surface area contributed by atoms with Crippen LogP contribution in [0, 0.1) is 11.3 Å². The van der Waals surface area contributed by atoms with Crippen molar-refractivity contribution in [2.75, 3.05) is 35.0 Å². The van der Waals surface area contributed by atoms with E-state index in [-0.39, 0.29) is 13.0 Å². The fourth-order valence-electron chi connectivity index (χ4n) is 2.98. The predicted molar refractivity (Wildman–Crippen MR) is 120 cm³/mol. The summed E-state index contributed by atoms with van der Waals surface area (Å²) in [5.74, 6) is 0.967. The number of carbonyl (C=O) groups excluding carboxylic acids is 2. The van der Waals surface area contributed by atoms with Gasteiger partial charge in [-0.2, -0.15) is 5.26 Å². The Balaban J connectivity index is 2.20. The number of carbonyl (C=O) groups is 2. The predicted octanol–water partition coefficient (Wildman–Crippen LogP) is 3.05. The highest BCUT2D eigenvalue weighted by atomic mass is 16.5. The van der Waals surface area contributed by atoms with Crippen LogP contribution in [0.2, 0.25) is 0 Å². The van der Waals surface area contributed by atoms with Gasteiger partial charge in [0.1, 0.15) is 6.07 Å². The molecule has 2 aromatic carbocycles. The van der Waals surface area contributed by atoms with E-state index >= 15 is 0 Å². The molecular formula is C24H26N2O7. The molecule has 0 aliphatic heterocycles. The second-order valence-electron chi connectivity index (χ2n) is 6.65. The van der Waals surface area contributed by atoms with Crippen molar-refractivity contribution in [2.45, 2.75) is 12.5 Å². The van der Waals surface area contributed by atoms with Gasteiger partial charge in [0.05, 0.1) is 40.9 Å². The minimum absolute atomic E-state index is 0.0652. The van der Waals surface area contributed by atoms with Crippen LogP contribution in [0.5, 0.6) is 23.0 Å². The van der Waals surface area contributed by atoms with Crippen molar-refractivity contribution < 1.29 is 33.3 Å². The zero-order valence-electron chi connectivity index (χ0n) is 18.9. The van der Waals surface area contributed by atoms with E-state index in [1.54, 1.807) is 42.5 Å². The van der Waals surface area contributed by atoms with Crippen LogP contribution in [0.4, 0.5) is 0 Å². The Bertz CT molecular complexity index is 1040. The van der Waals surface area contributed by atoms with Gasteiger partial charge in [0.2, 0.25) is 5.91 Å². The molecule has 0 saturated heterocycles. The summed E-state index contributed by atoms with van der Waals surface area (Å²) >= 11 is 0. The fraction of sp³-hybridized carbons (Fsp3) is 0.292. The number of hydrogen-bond donors (Lipinski definition) is 1. The second kappa shape index (κ2) is 12.6. The second-order valence-corrected chi connectivity index (χ2v) is 6.65. The van der Waals surface area contributed by atoms with Gasteiger partial charge in [0.15, 0.2) is 29.6 Å². The summed E-state index contributed by atoms with van der Waals surface area (Å²) in [7, 11) is 5.79. The van der Waals surface area contributed by atoms with Crippen LogP contribution in [-0.4, -0.2) is 46.9 Å². The average molecular weight is 454 g/mol. The summed E-state index contributed by atoms with van der Waals surface area (Å²) in [5, 5.41) is 11.5. The first kappa shape index (κ1) is 25.1. The zero-order valence-corrected chi connectivity index (χ0v) is 18.9. The zero-order chi connectivity index (χ0) is 24.2. The fourth-order valence-corrected chi connectivity index (χ4v) is 2.98. The molecule has 0 fully saturated rings. The van der Waals surface area contributed by atoms with Crippen LogP contribution >= 0.6 is 0 Å². The molecule has 1 atom stereocenters. The lowest BCUT2D eigenvalue weighted by atomic mass is 10.0. The Morgan fingerprint density at radius 2 is 1.64 bits per heavy atom. The molecule has 0 bridgehead atoms. The van der Waals surface area contributed by atoms with Crippen molar-refractivity contribution in [1.82, 2.24) is 5.32 Å². The van der Waals surface area contributed by atoms with Gasteiger partial charge in [-0.25, -0.2) is 0 Å². The third-order valence-corrected chi connectivity index (χ3v) is 4.63. The van der Waals surface area contributed by atoms with Crippen LogP contribution in [-0.2, 0) is 14.3 Å². The third-order valence-electron chi connectivity index (χ3n) is 4.63. The molecule has 1 amide bonds. The summed E-state index contributed by atoms with van der Waals surface area (Å²) in [4.78, 5) is 24.5. The maximum absolute atomic E-state index is 12.6. The van der Waals surface area contributed by atoms with Gasteiger partial charge in [-0.05, 0) is 41.5 Å². The number of nitriles is 1. The molecule has 2 aromatic rings. The third kappa shape index (κ3) is 7.18. The van der Waals surface area contributed by atoms with E-state index in [0.717, 1.165) is 0 Å². The molecule has 174 valence electrons. The van der Waals surface area contributed by atoms with Gasteiger partial charge >= 0.3 is 5.97 Å². The highest BCUT2D eigenvalue weighted by Crippen LogP contribution is 2.31. The Morgan fingerprint density at radius 3 is 2.27 bits per heavy atom. The first-order valence-corrected chi connectivity index (χ1v) is 9.90. The van der Waals surface area contributed by atoms with E-state index in [4.69, 9.17) is 28.9 Å². The molecule has 0 spiro atoms. The van der Waals surface area contributed by atoms with E-state index in [1.807, 2.05) is 6.07 Å². The summed E-state index contributed by atoms with van der Waals surface area (Å²) in [6.45, 7) is -0.105. The number of nitrogens with one attached hydrogen (secondary N) is 1. The minimum Gasteiger partial charge on any atom is -0.493 e. The summed E-state index contributed by atoms with van der Waals surface area (Å²) < 4.78 is 25.9. The molecule has 2 rings (SSSR count). The molecule has 33 heavy (non-hydrogen) atoms. The Labute approximate surface area is 192 Å². The quantitative estimate of drug-likeness (QED) is 0.407. The molecule has 0 radical (unpaired) electrons. The highest BCUT2D eigenvalue weighted by Gasteiger charge is 2.20. The van der Waals surface area contributed by atoms with Gasteiger partial charge in [-0.3, -0.25) is 9.59 Å². The van der Waals surface area contributed by atoms with E-state index < -0.39 is 17.9 Å². The van der Waals surface area contributed by atoms with E-state index in [2.05, 4.69) is 5.32 Å². The molecular weight excluding hydrogens is 428 g/mol. The first-order chi connectivity index (χ1) is 15.9. The average Bonchev–Trinajstić information content (AvgIpc) is 2.85. The van der Waals surface area contributed by atoms with Crippen molar-refractivity contribution in [3.63, 3.8) is 0 Å². The van der Waals surface area contributed by atoms with Crippen molar-refractivity contribution in [2.24, 2.45) is 0 Å². The van der Waals surface area contributed by atoms with Crippen LogP contribution in [0.1, 0.15) is 23.6 Å². The number of nitrogens with zero attached hydrogens (tertiary/aromatic N) is 1. The standard InChI is InChI=1S/C24H26N2O7/c1-29-19-9-7-17(14-22(19)31-3)18(15-24(28)32-4)26-23(27)10-6-16-5-8-20(33-12-11-25)21(13-16)30-2/h5-10,13-14,18H,12,15H2,1-4H3,(H,26,27)/b10-6+. The van der Waals surface area contributed by atoms with Gasteiger partial charge < -0.3 is 29.0 Å². The van der Waals surface area contributed by atoms with Crippen molar-refractivity contribution in [3.05, 3.63) is 53.6 Å². The Kier molecular flexibility index (Phi) is 9.58. The number of ether oxygens (including phenoxy) is 5. The smallest absolute Gasteiger partial charge is 0.307 e. The van der Waals surface area contributed by atoms with E-state index in [1.165, 1.54) is 34.5 Å². The summed E-state index contributed by atoms with van der Waals surface area (Å²) in [6, 6.07) is 11.4. The van der Waals surface area contributed by atoms with Gasteiger partial charge in [-0.15, -0.1) is 0 Å². The molecule has 0 aliphatic rings. The molecule has 0 saturated carbocycles. The summed E-state index contributed by atoms with van der Waals surface area (Å²) in [5.41, 5.74) is 1.34. The number of benzene rings is 2. The maximum Gasteiger partial charge on any atom is 0.307 e. The molecule has 0 aromatic heterocycles. The Morgan fingerprint density at radius 1 is 0.970 bits per heavy atom. The molecule has 0 aliphatic carbocycles. The maximum atomic E-state index is 12.6. The van der Waals surface area contributed by atoms with Crippen LogP contribution in [0.3, 0.4) is 0 Å². The van der Waals surface area contributed by atoms with Gasteiger partial charge in [-0.1, -0.05) is 12.1 Å². The highest BCUT2D eigenvalue weighted by molar-refractivity contribution is 5.92. The number of amides is 1. The molecule has 1 N–H and O–H groups in total. The normalized spacial score (nSPS) is 11.2. The largest absolute Gasteiger partial charge is 0.493 e. The minimum atomic E-state index is -0.648. The van der Waals surface area contributed by atoms with Crippen molar-refractivity contribution in [1.29, 1.82) is 5.26 Å². The van der Waals surface area contributed by atoms with E-state index in [9.17, 15) is 9.59 Å². The number of hydrogen-bond acceptors (Lipinski definition) is 8. The topological polar surface area (TPSA) is 116 Å². The number of methoxy groups -OCH3 is 4. The van der Waals surface area contributed by atoms with Crippen molar-refractivity contribution in [3.8, 4) is 29.1 Å². The van der Waals surface area contributed by atoms with Crippen LogP contribution in [0.15, 0.2) is 42.5 Å². The van der Waals surface area contributed by atoms with Gasteiger partial charge in [0, 0.05) is 6.08 Å².